The number of rotatable bonds is 7. The third kappa shape index (κ3) is 5.31. The summed E-state index contributed by atoms with van der Waals surface area (Å²) in [6.07, 6.45) is 1.47. The molecular weight excluding hydrogens is 483 g/mol. The Morgan fingerprint density at radius 3 is 2.32 bits per heavy atom. The number of allylic oxidation sites excluding steroid dienone is 1. The van der Waals surface area contributed by atoms with Gasteiger partial charge in [0.15, 0.2) is 0 Å². The van der Waals surface area contributed by atoms with Crippen molar-refractivity contribution >= 4 is 18.6 Å². The van der Waals surface area contributed by atoms with Crippen molar-refractivity contribution in [3.63, 3.8) is 0 Å². The number of halogens is 3. The van der Waals surface area contributed by atoms with Gasteiger partial charge in [-0.1, -0.05) is 37.3 Å². The first-order valence-corrected chi connectivity index (χ1v) is 12.9. The van der Waals surface area contributed by atoms with Gasteiger partial charge >= 0.3 is 12.2 Å². The highest BCUT2D eigenvalue weighted by molar-refractivity contribution is 5.91. The van der Waals surface area contributed by atoms with Gasteiger partial charge in [0.25, 0.3) is 0 Å². The quantitative estimate of drug-likeness (QED) is 0.394. The number of β-amino-alcohol motifs (C(OH)–C–C–N with tert-alkyl or cyclic N) is 1. The van der Waals surface area contributed by atoms with Crippen LogP contribution in [0.3, 0.4) is 0 Å². The third-order valence-electron chi connectivity index (χ3n) is 8.30. The zero-order chi connectivity index (χ0) is 26.9. The summed E-state index contributed by atoms with van der Waals surface area (Å²) < 4.78 is 39.2. The molecule has 0 radical (unpaired) electrons. The van der Waals surface area contributed by atoms with Gasteiger partial charge < -0.3 is 15.3 Å². The second kappa shape index (κ2) is 10.2. The van der Waals surface area contributed by atoms with Crippen LogP contribution < -0.4 is 5.32 Å². The highest BCUT2D eigenvalue weighted by Gasteiger charge is 2.56. The summed E-state index contributed by atoms with van der Waals surface area (Å²) in [6, 6.07) is 9.99. The van der Waals surface area contributed by atoms with Crippen LogP contribution in [0.4, 0.5) is 18.0 Å². The predicted molar refractivity (Wildman–Crippen MR) is 137 cm³/mol. The van der Waals surface area contributed by atoms with Crippen molar-refractivity contribution in [3.8, 4) is 0 Å². The van der Waals surface area contributed by atoms with Crippen LogP contribution in [0.15, 0.2) is 52.2 Å². The van der Waals surface area contributed by atoms with Crippen molar-refractivity contribution in [1.82, 2.24) is 15.1 Å². The number of hydrogen-bond donors (Lipinski definition) is 2. The number of carbonyl (C=O) groups is 1. The number of aliphatic imine (C=N–C) groups is 2. The monoisotopic (exact) mass is 519 g/mol. The molecule has 202 valence electrons. The molecule has 3 aliphatic rings. The molecule has 2 amide bonds. The van der Waals surface area contributed by atoms with E-state index in [9.17, 15) is 23.1 Å². The Hall–Kier alpha value is -2.72. The van der Waals surface area contributed by atoms with Crippen LogP contribution in [0.25, 0.3) is 0 Å². The van der Waals surface area contributed by atoms with Gasteiger partial charge in [-0.25, -0.2) is 14.8 Å². The molecular formula is C27H36F3N5O2. The van der Waals surface area contributed by atoms with Gasteiger partial charge in [-0.3, -0.25) is 4.90 Å². The van der Waals surface area contributed by atoms with Gasteiger partial charge in [-0.15, -0.1) is 0 Å². The molecule has 1 aromatic rings. The average Bonchev–Trinajstić information content (AvgIpc) is 3.11. The number of nitrogens with zero attached hydrogens (tertiary/aromatic N) is 4. The highest BCUT2D eigenvalue weighted by atomic mass is 19.4. The fourth-order valence-corrected chi connectivity index (χ4v) is 6.01. The van der Waals surface area contributed by atoms with E-state index in [2.05, 4.69) is 41.1 Å². The Balaban J connectivity index is 1.63. The van der Waals surface area contributed by atoms with E-state index in [4.69, 9.17) is 0 Å². The summed E-state index contributed by atoms with van der Waals surface area (Å²) in [5, 5.41) is 14.7. The number of aliphatic hydroxyl groups is 1. The second-order valence-corrected chi connectivity index (χ2v) is 10.6. The lowest BCUT2D eigenvalue weighted by Gasteiger charge is -2.50. The first kappa shape index (κ1) is 27.3. The second-order valence-electron chi connectivity index (χ2n) is 10.6. The molecule has 0 bridgehead atoms. The molecule has 0 atom stereocenters. The molecule has 0 unspecified atom stereocenters. The highest BCUT2D eigenvalue weighted by Crippen LogP contribution is 2.48. The number of urea groups is 1. The van der Waals surface area contributed by atoms with Gasteiger partial charge in [-0.2, -0.15) is 13.2 Å². The van der Waals surface area contributed by atoms with E-state index in [1.165, 1.54) is 10.5 Å². The summed E-state index contributed by atoms with van der Waals surface area (Å²) in [7, 11) is 0. The fraction of sp³-hybridized carbons (Fsp3) is 0.593. The van der Waals surface area contributed by atoms with Gasteiger partial charge in [0.1, 0.15) is 0 Å². The van der Waals surface area contributed by atoms with Gasteiger partial charge in [0.05, 0.1) is 24.2 Å². The Kier molecular flexibility index (Phi) is 7.54. The van der Waals surface area contributed by atoms with E-state index < -0.39 is 23.2 Å². The lowest BCUT2D eigenvalue weighted by molar-refractivity contribution is -0.0691. The van der Waals surface area contributed by atoms with Crippen LogP contribution >= 0.6 is 0 Å². The molecule has 2 aliphatic carbocycles. The van der Waals surface area contributed by atoms with Crippen molar-refractivity contribution in [2.24, 2.45) is 9.98 Å². The first-order chi connectivity index (χ1) is 17.5. The zero-order valence-corrected chi connectivity index (χ0v) is 21.5. The normalized spacial score (nSPS) is 28.5. The van der Waals surface area contributed by atoms with E-state index in [0.29, 0.717) is 37.9 Å². The number of benzene rings is 1. The standard InChI is InChI=1S/C27H36F3N5O2/c1-4-33-26(21-9-6-5-7-10-21)15-13-24(14-16-26)18-34(20(2)17-32-22(31-3)27(28,29)30)23(36)35(24)19-25(37)11-8-12-25/h5-7,9-10,17,33,37H,3-4,8,11-16,18-19H2,1-2H3/b20-17+,32-22?. The number of alkyl halides is 3. The minimum absolute atomic E-state index is 0.219. The molecule has 1 aromatic carbocycles. The van der Waals surface area contributed by atoms with Crippen molar-refractivity contribution in [2.75, 3.05) is 19.6 Å². The van der Waals surface area contributed by atoms with Crippen LogP contribution in [-0.2, 0) is 5.54 Å². The average molecular weight is 520 g/mol. The molecule has 1 heterocycles. The largest absolute Gasteiger partial charge is 0.451 e. The maximum Gasteiger partial charge on any atom is 0.451 e. The summed E-state index contributed by atoms with van der Waals surface area (Å²) in [6.45, 7) is 7.96. The summed E-state index contributed by atoms with van der Waals surface area (Å²) >= 11 is 0. The van der Waals surface area contributed by atoms with Gasteiger partial charge in [-0.05, 0) is 70.7 Å². The predicted octanol–water partition coefficient (Wildman–Crippen LogP) is 4.98. The molecule has 37 heavy (non-hydrogen) atoms. The topological polar surface area (TPSA) is 80.5 Å². The van der Waals surface area contributed by atoms with Crippen molar-refractivity contribution < 1.29 is 23.1 Å². The molecule has 4 rings (SSSR count). The molecule has 1 spiro atoms. The number of amides is 2. The molecule has 0 aromatic heterocycles. The van der Waals surface area contributed by atoms with Crippen molar-refractivity contribution in [3.05, 3.63) is 47.8 Å². The molecule has 1 saturated heterocycles. The maximum atomic E-state index is 13.7. The first-order valence-electron chi connectivity index (χ1n) is 12.9. The maximum absolute atomic E-state index is 13.7. The summed E-state index contributed by atoms with van der Waals surface area (Å²) in [5.41, 5.74) is -0.161. The van der Waals surface area contributed by atoms with E-state index in [-0.39, 0.29) is 18.1 Å². The summed E-state index contributed by atoms with van der Waals surface area (Å²) in [4.78, 5) is 23.4. The Morgan fingerprint density at radius 2 is 1.81 bits per heavy atom. The Bertz CT molecular complexity index is 1060. The lowest BCUT2D eigenvalue weighted by atomic mass is 9.68. The SMILES string of the molecule is C=NC(=N/C=C(\C)N1CC2(CCC(NCC)(c3ccccc3)CC2)N(CC2(O)CCC2)C1=O)C(F)(F)F. The van der Waals surface area contributed by atoms with Crippen LogP contribution in [0.5, 0.6) is 0 Å². The van der Waals surface area contributed by atoms with Crippen LogP contribution in [0, 0.1) is 0 Å². The molecule has 7 nitrogen and oxygen atoms in total. The minimum Gasteiger partial charge on any atom is -0.388 e. The zero-order valence-electron chi connectivity index (χ0n) is 21.5. The Morgan fingerprint density at radius 1 is 1.16 bits per heavy atom. The van der Waals surface area contributed by atoms with E-state index in [0.717, 1.165) is 32.0 Å². The van der Waals surface area contributed by atoms with Crippen molar-refractivity contribution in [1.29, 1.82) is 0 Å². The van der Waals surface area contributed by atoms with Crippen LogP contribution in [0.2, 0.25) is 0 Å². The number of carbonyl (C=O) groups excluding carboxylic acids is 1. The number of nitrogens with one attached hydrogen (secondary N) is 1. The summed E-state index contributed by atoms with van der Waals surface area (Å²) in [5.74, 6) is -1.36. The third-order valence-corrected chi connectivity index (χ3v) is 8.30. The van der Waals surface area contributed by atoms with E-state index in [1.807, 2.05) is 18.2 Å². The van der Waals surface area contributed by atoms with Crippen molar-refractivity contribution in [2.45, 2.75) is 81.6 Å². The molecule has 2 N–H and O–H groups in total. The lowest BCUT2D eigenvalue weighted by Crippen LogP contribution is -2.59. The van der Waals surface area contributed by atoms with Crippen LogP contribution in [0.1, 0.15) is 64.4 Å². The molecule has 1 aliphatic heterocycles. The number of hydrogen-bond acceptors (Lipinski definition) is 4. The molecule has 3 fully saturated rings. The Labute approximate surface area is 216 Å². The van der Waals surface area contributed by atoms with Gasteiger partial charge in [0, 0.05) is 17.4 Å². The van der Waals surface area contributed by atoms with Crippen LogP contribution in [-0.4, -0.2) is 70.4 Å². The fourth-order valence-electron chi connectivity index (χ4n) is 6.01. The van der Waals surface area contributed by atoms with Gasteiger partial charge in [0.2, 0.25) is 5.84 Å². The smallest absolute Gasteiger partial charge is 0.388 e. The van der Waals surface area contributed by atoms with E-state index >= 15 is 0 Å². The number of amidine groups is 1. The molecule has 2 saturated carbocycles. The molecule has 10 heteroatoms. The van der Waals surface area contributed by atoms with E-state index in [1.54, 1.807) is 11.8 Å². The minimum atomic E-state index is -4.73.